The summed E-state index contributed by atoms with van der Waals surface area (Å²) in [6, 6.07) is 15.0. The molecule has 7 nitrogen and oxygen atoms in total. The van der Waals surface area contributed by atoms with E-state index in [0.717, 1.165) is 48.4 Å². The van der Waals surface area contributed by atoms with Gasteiger partial charge in [0.15, 0.2) is 0 Å². The fraction of sp³-hybridized carbons (Fsp3) is 0.200. The molecule has 0 radical (unpaired) electrons. The molecular weight excluding hydrogens is 344 g/mol. The van der Waals surface area contributed by atoms with Crippen molar-refractivity contribution >= 4 is 27.6 Å². The maximum absolute atomic E-state index is 12.6. The number of H-pyrrole nitrogens is 1. The molecule has 1 fully saturated rings. The highest BCUT2D eigenvalue weighted by atomic mass is 16.5. The first-order valence-electron chi connectivity index (χ1n) is 8.87. The Bertz CT molecular complexity index is 1210. The predicted octanol–water partition coefficient (Wildman–Crippen LogP) is 2.62. The zero-order valence-electron chi connectivity index (χ0n) is 14.6. The van der Waals surface area contributed by atoms with E-state index in [1.165, 1.54) is 0 Å². The highest BCUT2D eigenvalue weighted by molar-refractivity contribution is 5.86. The molecule has 1 aliphatic heterocycles. The van der Waals surface area contributed by atoms with Crippen LogP contribution in [0.3, 0.4) is 0 Å². The van der Waals surface area contributed by atoms with Crippen molar-refractivity contribution < 1.29 is 9.94 Å². The van der Waals surface area contributed by atoms with E-state index in [1.807, 2.05) is 30.3 Å². The number of para-hydroxylation sites is 1. The van der Waals surface area contributed by atoms with Crippen molar-refractivity contribution in [3.8, 4) is 11.4 Å². The molecule has 0 unspecified atom stereocenters. The molecule has 3 heterocycles. The number of imidazole rings is 1. The van der Waals surface area contributed by atoms with E-state index in [-0.39, 0.29) is 0 Å². The molecule has 0 spiro atoms. The third kappa shape index (κ3) is 2.63. The SMILES string of the molecule is O=c1c(-c2nc3ccc(N4CCOCC4)cc3[nH]2)cc2ccccc2n1O. The fourth-order valence-corrected chi connectivity index (χ4v) is 3.56. The average Bonchev–Trinajstić information content (AvgIpc) is 3.14. The molecule has 1 saturated heterocycles. The summed E-state index contributed by atoms with van der Waals surface area (Å²) < 4.78 is 6.09. The minimum Gasteiger partial charge on any atom is -0.425 e. The van der Waals surface area contributed by atoms with Gasteiger partial charge in [-0.1, -0.05) is 18.2 Å². The van der Waals surface area contributed by atoms with Crippen LogP contribution in [-0.2, 0) is 4.74 Å². The number of morpholine rings is 1. The van der Waals surface area contributed by atoms with Crippen LogP contribution in [0.1, 0.15) is 0 Å². The van der Waals surface area contributed by atoms with E-state index >= 15 is 0 Å². The summed E-state index contributed by atoms with van der Waals surface area (Å²) in [5, 5.41) is 11.0. The van der Waals surface area contributed by atoms with Gasteiger partial charge in [-0.3, -0.25) is 4.79 Å². The third-order valence-corrected chi connectivity index (χ3v) is 4.98. The van der Waals surface area contributed by atoms with Crippen molar-refractivity contribution in [2.75, 3.05) is 31.2 Å². The van der Waals surface area contributed by atoms with E-state index in [4.69, 9.17) is 4.74 Å². The summed E-state index contributed by atoms with van der Waals surface area (Å²) in [5.74, 6) is 0.447. The smallest absolute Gasteiger partial charge is 0.294 e. The number of pyridine rings is 1. The van der Waals surface area contributed by atoms with E-state index in [1.54, 1.807) is 18.2 Å². The monoisotopic (exact) mass is 362 g/mol. The maximum Gasteiger partial charge on any atom is 0.294 e. The largest absolute Gasteiger partial charge is 0.425 e. The van der Waals surface area contributed by atoms with E-state index < -0.39 is 5.56 Å². The zero-order chi connectivity index (χ0) is 18.4. The highest BCUT2D eigenvalue weighted by Gasteiger charge is 2.16. The molecule has 7 heteroatoms. The number of aromatic nitrogens is 3. The molecule has 4 aromatic rings. The van der Waals surface area contributed by atoms with Crippen molar-refractivity contribution in [2.45, 2.75) is 0 Å². The lowest BCUT2D eigenvalue weighted by atomic mass is 10.1. The molecule has 136 valence electrons. The van der Waals surface area contributed by atoms with Crippen molar-refractivity contribution in [3.63, 3.8) is 0 Å². The number of hydrogen-bond acceptors (Lipinski definition) is 5. The van der Waals surface area contributed by atoms with Crippen LogP contribution in [-0.4, -0.2) is 46.2 Å². The summed E-state index contributed by atoms with van der Waals surface area (Å²) in [6.45, 7) is 3.15. The summed E-state index contributed by atoms with van der Waals surface area (Å²) in [6.07, 6.45) is 0. The lowest BCUT2D eigenvalue weighted by molar-refractivity contribution is 0.122. The summed E-state index contributed by atoms with van der Waals surface area (Å²) in [4.78, 5) is 22.7. The topological polar surface area (TPSA) is 83.4 Å². The number of benzene rings is 2. The second kappa shape index (κ2) is 6.14. The molecule has 0 bridgehead atoms. The van der Waals surface area contributed by atoms with Crippen LogP contribution in [0.2, 0.25) is 0 Å². The highest BCUT2D eigenvalue weighted by Crippen LogP contribution is 2.25. The number of anilines is 1. The Balaban J connectivity index is 1.62. The minimum atomic E-state index is -0.499. The quantitative estimate of drug-likeness (QED) is 0.536. The molecule has 1 aliphatic rings. The minimum absolute atomic E-state index is 0.334. The van der Waals surface area contributed by atoms with Crippen molar-refractivity contribution in [3.05, 3.63) is 58.9 Å². The first-order chi connectivity index (χ1) is 13.2. The van der Waals surface area contributed by atoms with Crippen LogP contribution in [0, 0.1) is 0 Å². The van der Waals surface area contributed by atoms with Crippen molar-refractivity contribution in [1.82, 2.24) is 14.7 Å². The van der Waals surface area contributed by atoms with Crippen LogP contribution in [0.15, 0.2) is 53.3 Å². The number of nitrogens with zero attached hydrogens (tertiary/aromatic N) is 3. The van der Waals surface area contributed by atoms with Crippen molar-refractivity contribution in [2.24, 2.45) is 0 Å². The van der Waals surface area contributed by atoms with Crippen LogP contribution >= 0.6 is 0 Å². The number of hydrogen-bond donors (Lipinski definition) is 2. The lowest BCUT2D eigenvalue weighted by Gasteiger charge is -2.28. The molecule has 0 saturated carbocycles. The Labute approximate surface area is 154 Å². The normalized spacial score (nSPS) is 14.9. The van der Waals surface area contributed by atoms with Gasteiger partial charge in [-0.05, 0) is 30.3 Å². The standard InChI is InChI=1S/C20H18N4O3/c25-20-15(11-13-3-1-2-4-18(13)24(20)26)19-21-16-6-5-14(12-17(16)22-19)23-7-9-27-10-8-23/h1-6,11-12,26H,7-10H2,(H,21,22). The Morgan fingerprint density at radius 3 is 2.74 bits per heavy atom. The molecular formula is C20H18N4O3. The number of fused-ring (bicyclic) bond motifs is 2. The van der Waals surface area contributed by atoms with E-state index in [2.05, 4.69) is 14.9 Å². The van der Waals surface area contributed by atoms with Gasteiger partial charge < -0.3 is 19.8 Å². The molecule has 2 N–H and O–H groups in total. The van der Waals surface area contributed by atoms with Gasteiger partial charge in [-0.2, -0.15) is 0 Å². The number of rotatable bonds is 2. The van der Waals surface area contributed by atoms with Gasteiger partial charge in [0.05, 0.1) is 35.3 Å². The second-order valence-electron chi connectivity index (χ2n) is 6.62. The van der Waals surface area contributed by atoms with Crippen LogP contribution in [0.4, 0.5) is 5.69 Å². The molecule has 0 amide bonds. The number of nitrogens with one attached hydrogen (secondary N) is 1. The molecule has 2 aromatic heterocycles. The third-order valence-electron chi connectivity index (χ3n) is 4.98. The summed E-state index contributed by atoms with van der Waals surface area (Å²) in [7, 11) is 0. The fourth-order valence-electron chi connectivity index (χ4n) is 3.56. The van der Waals surface area contributed by atoms with Gasteiger partial charge in [-0.15, -0.1) is 4.73 Å². The van der Waals surface area contributed by atoms with Crippen LogP contribution in [0.25, 0.3) is 33.3 Å². The van der Waals surface area contributed by atoms with Crippen LogP contribution in [0.5, 0.6) is 0 Å². The molecule has 0 aliphatic carbocycles. The van der Waals surface area contributed by atoms with Crippen LogP contribution < -0.4 is 10.5 Å². The Morgan fingerprint density at radius 2 is 1.89 bits per heavy atom. The van der Waals surface area contributed by atoms with E-state index in [9.17, 15) is 10.0 Å². The zero-order valence-corrected chi connectivity index (χ0v) is 14.6. The number of ether oxygens (including phenoxy) is 1. The number of aromatic amines is 1. The van der Waals surface area contributed by atoms with Gasteiger partial charge in [0.25, 0.3) is 5.56 Å². The van der Waals surface area contributed by atoms with Gasteiger partial charge in [0, 0.05) is 24.2 Å². The first kappa shape index (κ1) is 15.9. The summed E-state index contributed by atoms with van der Waals surface area (Å²) in [5.41, 5.74) is 3.03. The summed E-state index contributed by atoms with van der Waals surface area (Å²) >= 11 is 0. The molecule has 27 heavy (non-hydrogen) atoms. The lowest BCUT2D eigenvalue weighted by Crippen LogP contribution is -2.36. The first-order valence-corrected chi connectivity index (χ1v) is 8.87. The Morgan fingerprint density at radius 1 is 1.07 bits per heavy atom. The molecule has 5 rings (SSSR count). The Kier molecular flexibility index (Phi) is 3.61. The Hall–Kier alpha value is -3.32. The second-order valence-corrected chi connectivity index (χ2v) is 6.62. The molecule has 0 atom stereocenters. The van der Waals surface area contributed by atoms with Crippen molar-refractivity contribution in [1.29, 1.82) is 0 Å². The maximum atomic E-state index is 12.6. The van der Waals surface area contributed by atoms with Gasteiger partial charge in [0.1, 0.15) is 5.82 Å². The predicted molar refractivity (Wildman–Crippen MR) is 104 cm³/mol. The average molecular weight is 362 g/mol. The van der Waals surface area contributed by atoms with Gasteiger partial charge in [0.2, 0.25) is 0 Å². The van der Waals surface area contributed by atoms with Gasteiger partial charge in [-0.25, -0.2) is 4.98 Å². The molecule has 2 aromatic carbocycles. The van der Waals surface area contributed by atoms with Gasteiger partial charge >= 0.3 is 0 Å². The van der Waals surface area contributed by atoms with E-state index in [0.29, 0.717) is 21.6 Å².